The van der Waals surface area contributed by atoms with Crippen LogP contribution in [0.2, 0.25) is 0 Å². The molecule has 1 aromatic heterocycles. The lowest BCUT2D eigenvalue weighted by Crippen LogP contribution is -2.43. The van der Waals surface area contributed by atoms with Gasteiger partial charge < -0.3 is 9.47 Å². The van der Waals surface area contributed by atoms with E-state index in [4.69, 9.17) is 0 Å². The Labute approximate surface area is 133 Å². The first-order valence-electron chi connectivity index (χ1n) is 7.99. The molecule has 1 unspecified atom stereocenters. The molecule has 0 aromatic carbocycles. The second-order valence-corrected chi connectivity index (χ2v) is 8.46. The smallest absolute Gasteiger partial charge is 0.270 e. The fourth-order valence-corrected chi connectivity index (χ4v) is 4.46. The molecule has 0 bridgehead atoms. The summed E-state index contributed by atoms with van der Waals surface area (Å²) in [6.45, 7) is 4.19. The maximum Gasteiger partial charge on any atom is 0.270 e. The minimum absolute atomic E-state index is 0.00326. The number of hydrogen-bond donors (Lipinski definition) is 0. The standard InChI is InChI=1S/C16H26N2O3S/c1-4-17(13(2)12-22(3,20)21)16(19)15-10-7-11-18(15)14-8-5-6-9-14/h7,10-11,13-14H,4-6,8-9,12H2,1-3H3. The van der Waals surface area contributed by atoms with Crippen LogP contribution in [0.25, 0.3) is 0 Å². The molecule has 1 aliphatic carbocycles. The number of rotatable bonds is 6. The molecule has 1 amide bonds. The van der Waals surface area contributed by atoms with Crippen molar-refractivity contribution < 1.29 is 13.2 Å². The highest BCUT2D eigenvalue weighted by atomic mass is 32.2. The summed E-state index contributed by atoms with van der Waals surface area (Å²) in [5.74, 6) is -0.0768. The van der Waals surface area contributed by atoms with Crippen LogP contribution in [0.3, 0.4) is 0 Å². The molecule has 0 saturated heterocycles. The minimum atomic E-state index is -3.11. The zero-order valence-electron chi connectivity index (χ0n) is 13.7. The van der Waals surface area contributed by atoms with E-state index in [1.54, 1.807) is 11.8 Å². The van der Waals surface area contributed by atoms with Crippen molar-refractivity contribution in [3.8, 4) is 0 Å². The third kappa shape index (κ3) is 3.91. The van der Waals surface area contributed by atoms with Gasteiger partial charge in [-0.25, -0.2) is 8.42 Å². The predicted octanol–water partition coefficient (Wildman–Crippen LogP) is 2.50. The van der Waals surface area contributed by atoms with Crippen LogP contribution in [0.5, 0.6) is 0 Å². The highest BCUT2D eigenvalue weighted by Crippen LogP contribution is 2.31. The van der Waals surface area contributed by atoms with E-state index < -0.39 is 9.84 Å². The number of carbonyl (C=O) groups is 1. The van der Waals surface area contributed by atoms with E-state index in [0.29, 0.717) is 18.3 Å². The molecule has 124 valence electrons. The number of hydrogen-bond acceptors (Lipinski definition) is 3. The van der Waals surface area contributed by atoms with Gasteiger partial charge in [-0.3, -0.25) is 4.79 Å². The Morgan fingerprint density at radius 3 is 2.59 bits per heavy atom. The number of sulfone groups is 1. The Morgan fingerprint density at radius 1 is 1.41 bits per heavy atom. The van der Waals surface area contributed by atoms with Gasteiger partial charge in [0.1, 0.15) is 15.5 Å². The summed E-state index contributed by atoms with van der Waals surface area (Å²) >= 11 is 0. The van der Waals surface area contributed by atoms with Gasteiger partial charge in [0.25, 0.3) is 5.91 Å². The van der Waals surface area contributed by atoms with Gasteiger partial charge in [-0.2, -0.15) is 0 Å². The lowest BCUT2D eigenvalue weighted by atomic mass is 10.2. The van der Waals surface area contributed by atoms with Gasteiger partial charge in [0, 0.05) is 31.1 Å². The Balaban J connectivity index is 2.20. The van der Waals surface area contributed by atoms with Crippen LogP contribution >= 0.6 is 0 Å². The Morgan fingerprint density at radius 2 is 2.05 bits per heavy atom. The Kier molecular flexibility index (Phi) is 5.32. The summed E-state index contributed by atoms with van der Waals surface area (Å²) in [6, 6.07) is 3.83. The molecule has 0 N–H and O–H groups in total. The number of nitrogens with zero attached hydrogens (tertiary/aromatic N) is 2. The summed E-state index contributed by atoms with van der Waals surface area (Å²) < 4.78 is 25.1. The summed E-state index contributed by atoms with van der Waals surface area (Å²) in [7, 11) is -3.11. The maximum atomic E-state index is 12.9. The average molecular weight is 326 g/mol. The summed E-state index contributed by atoms with van der Waals surface area (Å²) in [4.78, 5) is 14.5. The topological polar surface area (TPSA) is 59.4 Å². The van der Waals surface area contributed by atoms with Crippen LogP contribution in [0, 0.1) is 0 Å². The van der Waals surface area contributed by atoms with Gasteiger partial charge in [-0.15, -0.1) is 0 Å². The molecular weight excluding hydrogens is 300 g/mol. The van der Waals surface area contributed by atoms with Crippen LogP contribution in [-0.4, -0.2) is 48.4 Å². The summed E-state index contributed by atoms with van der Waals surface area (Å²) in [6.07, 6.45) is 7.82. The largest absolute Gasteiger partial charge is 0.340 e. The fourth-order valence-electron chi connectivity index (χ4n) is 3.41. The quantitative estimate of drug-likeness (QED) is 0.807. The molecule has 1 atom stereocenters. The van der Waals surface area contributed by atoms with E-state index in [1.165, 1.54) is 19.1 Å². The molecule has 0 radical (unpaired) electrons. The average Bonchev–Trinajstić information content (AvgIpc) is 3.08. The third-order valence-corrected chi connectivity index (χ3v) is 5.48. The highest BCUT2D eigenvalue weighted by molar-refractivity contribution is 7.90. The zero-order chi connectivity index (χ0) is 16.3. The molecule has 22 heavy (non-hydrogen) atoms. The molecule has 1 aliphatic rings. The van der Waals surface area contributed by atoms with E-state index in [-0.39, 0.29) is 17.7 Å². The van der Waals surface area contributed by atoms with Crippen molar-refractivity contribution in [3.63, 3.8) is 0 Å². The molecule has 0 aliphatic heterocycles. The van der Waals surface area contributed by atoms with E-state index in [2.05, 4.69) is 4.57 Å². The number of aromatic nitrogens is 1. The van der Waals surface area contributed by atoms with Crippen LogP contribution in [0.4, 0.5) is 0 Å². The van der Waals surface area contributed by atoms with Crippen LogP contribution < -0.4 is 0 Å². The number of amides is 1. The van der Waals surface area contributed by atoms with Crippen molar-refractivity contribution in [2.24, 2.45) is 0 Å². The first-order chi connectivity index (χ1) is 10.3. The molecule has 1 heterocycles. The zero-order valence-corrected chi connectivity index (χ0v) is 14.5. The van der Waals surface area contributed by atoms with Crippen molar-refractivity contribution >= 4 is 15.7 Å². The van der Waals surface area contributed by atoms with Crippen molar-refractivity contribution in [2.75, 3.05) is 18.6 Å². The van der Waals surface area contributed by atoms with Gasteiger partial charge in [0.2, 0.25) is 0 Å². The van der Waals surface area contributed by atoms with Crippen LogP contribution in [-0.2, 0) is 9.84 Å². The molecular formula is C16H26N2O3S. The molecule has 6 heteroatoms. The molecule has 1 saturated carbocycles. The monoisotopic (exact) mass is 326 g/mol. The van der Waals surface area contributed by atoms with Gasteiger partial charge in [-0.1, -0.05) is 12.8 Å². The number of carbonyl (C=O) groups excluding carboxylic acids is 1. The van der Waals surface area contributed by atoms with Gasteiger partial charge in [0.15, 0.2) is 0 Å². The Bertz CT molecular complexity index is 615. The van der Waals surface area contributed by atoms with Gasteiger partial charge >= 0.3 is 0 Å². The highest BCUT2D eigenvalue weighted by Gasteiger charge is 2.27. The normalized spacial score (nSPS) is 17.6. The van der Waals surface area contributed by atoms with Gasteiger partial charge in [-0.05, 0) is 38.8 Å². The van der Waals surface area contributed by atoms with Crippen molar-refractivity contribution in [2.45, 2.75) is 51.6 Å². The van der Waals surface area contributed by atoms with E-state index >= 15 is 0 Å². The summed E-state index contributed by atoms with van der Waals surface area (Å²) in [5, 5.41) is 0. The predicted molar refractivity (Wildman–Crippen MR) is 87.8 cm³/mol. The Hall–Kier alpha value is -1.30. The third-order valence-electron chi connectivity index (χ3n) is 4.39. The van der Waals surface area contributed by atoms with Crippen molar-refractivity contribution in [1.82, 2.24) is 9.47 Å². The minimum Gasteiger partial charge on any atom is -0.340 e. The van der Waals surface area contributed by atoms with E-state index in [9.17, 15) is 13.2 Å². The second-order valence-electron chi connectivity index (χ2n) is 6.27. The summed E-state index contributed by atoms with van der Waals surface area (Å²) in [5.41, 5.74) is 0.675. The van der Waals surface area contributed by atoms with Crippen LogP contribution in [0.1, 0.15) is 56.1 Å². The lowest BCUT2D eigenvalue weighted by molar-refractivity contribution is 0.0705. The molecule has 5 nitrogen and oxygen atoms in total. The van der Waals surface area contributed by atoms with Crippen LogP contribution in [0.15, 0.2) is 18.3 Å². The molecule has 2 rings (SSSR count). The SMILES string of the molecule is CCN(C(=O)c1cccn1C1CCCC1)C(C)CS(C)(=O)=O. The molecule has 1 aromatic rings. The molecule has 1 fully saturated rings. The van der Waals surface area contributed by atoms with E-state index in [1.807, 2.05) is 25.3 Å². The van der Waals surface area contributed by atoms with E-state index in [0.717, 1.165) is 12.8 Å². The first-order valence-corrected chi connectivity index (χ1v) is 10.0. The van der Waals surface area contributed by atoms with Crippen molar-refractivity contribution in [3.05, 3.63) is 24.0 Å². The second kappa shape index (κ2) is 6.86. The molecule has 0 spiro atoms. The lowest BCUT2D eigenvalue weighted by Gasteiger charge is -2.28. The van der Waals surface area contributed by atoms with Gasteiger partial charge in [0.05, 0.1) is 5.75 Å². The first kappa shape index (κ1) is 17.1. The fraction of sp³-hybridized carbons (Fsp3) is 0.688. The van der Waals surface area contributed by atoms with Crippen molar-refractivity contribution in [1.29, 1.82) is 0 Å². The maximum absolute atomic E-state index is 12.9.